The van der Waals surface area contributed by atoms with E-state index >= 15 is 0 Å². The predicted molar refractivity (Wildman–Crippen MR) is 54.9 cm³/mol. The molecule has 82 valence electrons. The second-order valence-corrected chi connectivity index (χ2v) is 3.92. The van der Waals surface area contributed by atoms with E-state index in [-0.39, 0.29) is 11.9 Å². The van der Waals surface area contributed by atoms with Gasteiger partial charge in [0.15, 0.2) is 11.5 Å². The van der Waals surface area contributed by atoms with Crippen molar-refractivity contribution >= 4 is 5.78 Å². The summed E-state index contributed by atoms with van der Waals surface area (Å²) in [6, 6.07) is 0. The molecule has 4 heteroatoms. The first-order chi connectivity index (χ1) is 7.02. The molecule has 2 aliphatic heterocycles. The molecule has 2 unspecified atom stereocenters. The summed E-state index contributed by atoms with van der Waals surface area (Å²) in [5.74, 6) is 0.727. The maximum absolute atomic E-state index is 11.3. The van der Waals surface area contributed by atoms with Gasteiger partial charge in [-0.2, -0.15) is 0 Å². The van der Waals surface area contributed by atoms with Crippen molar-refractivity contribution in [2.75, 3.05) is 14.2 Å². The molecule has 0 aromatic carbocycles. The lowest BCUT2D eigenvalue weighted by Crippen LogP contribution is -2.38. The minimum Gasteiger partial charge on any atom is -0.496 e. The van der Waals surface area contributed by atoms with Gasteiger partial charge in [0.1, 0.15) is 6.10 Å². The highest BCUT2D eigenvalue weighted by atomic mass is 16.7. The van der Waals surface area contributed by atoms with Crippen molar-refractivity contribution in [2.45, 2.75) is 25.7 Å². The molecule has 0 bridgehead atoms. The highest BCUT2D eigenvalue weighted by Gasteiger charge is 2.61. The lowest BCUT2D eigenvalue weighted by atomic mass is 10.0. The van der Waals surface area contributed by atoms with Gasteiger partial charge >= 0.3 is 0 Å². The van der Waals surface area contributed by atoms with Crippen molar-refractivity contribution in [3.63, 3.8) is 0 Å². The standard InChI is InChI=1S/C11H15NO3/c1-7(13)9-5-10(14-4)11(8(2)15-11)12(3)6-9/h5-6,8H,1-4H3. The van der Waals surface area contributed by atoms with E-state index in [4.69, 9.17) is 9.47 Å². The molecule has 1 saturated heterocycles. The van der Waals surface area contributed by atoms with Crippen LogP contribution < -0.4 is 0 Å². The molecular weight excluding hydrogens is 194 g/mol. The van der Waals surface area contributed by atoms with Crippen LogP contribution in [0.4, 0.5) is 0 Å². The first-order valence-electron chi connectivity index (χ1n) is 4.92. The van der Waals surface area contributed by atoms with Crippen LogP contribution in [0, 0.1) is 0 Å². The molecule has 4 nitrogen and oxygen atoms in total. The monoisotopic (exact) mass is 209 g/mol. The third kappa shape index (κ3) is 1.28. The smallest absolute Gasteiger partial charge is 0.226 e. The zero-order valence-corrected chi connectivity index (χ0v) is 9.40. The van der Waals surface area contributed by atoms with E-state index in [1.54, 1.807) is 26.3 Å². The van der Waals surface area contributed by atoms with Crippen LogP contribution in [0.1, 0.15) is 13.8 Å². The van der Waals surface area contributed by atoms with E-state index in [0.29, 0.717) is 11.3 Å². The van der Waals surface area contributed by atoms with E-state index < -0.39 is 5.72 Å². The normalized spacial score (nSPS) is 33.6. The number of ketones is 1. The Labute approximate surface area is 89.1 Å². The van der Waals surface area contributed by atoms with E-state index in [0.717, 1.165) is 0 Å². The number of carbonyl (C=O) groups excluding carboxylic acids is 1. The Morgan fingerprint density at radius 3 is 2.67 bits per heavy atom. The van der Waals surface area contributed by atoms with Crippen molar-refractivity contribution in [2.24, 2.45) is 0 Å². The molecule has 2 heterocycles. The van der Waals surface area contributed by atoms with Gasteiger partial charge in [-0.25, -0.2) is 0 Å². The van der Waals surface area contributed by atoms with Gasteiger partial charge in [0.05, 0.1) is 7.11 Å². The summed E-state index contributed by atoms with van der Waals surface area (Å²) in [5.41, 5.74) is 0.163. The summed E-state index contributed by atoms with van der Waals surface area (Å²) < 4.78 is 10.9. The average molecular weight is 209 g/mol. The molecule has 0 radical (unpaired) electrons. The number of allylic oxidation sites excluding steroid dienone is 2. The Kier molecular flexibility index (Phi) is 2.12. The number of hydrogen-bond acceptors (Lipinski definition) is 4. The minimum absolute atomic E-state index is 0.0274. The van der Waals surface area contributed by atoms with Gasteiger partial charge in [0.25, 0.3) is 0 Å². The van der Waals surface area contributed by atoms with E-state index in [9.17, 15) is 4.79 Å². The fraction of sp³-hybridized carbons (Fsp3) is 0.545. The van der Waals surface area contributed by atoms with Gasteiger partial charge in [-0.3, -0.25) is 4.79 Å². The molecule has 1 fully saturated rings. The van der Waals surface area contributed by atoms with Gasteiger partial charge in [0, 0.05) is 18.8 Å². The maximum atomic E-state index is 11.3. The molecule has 0 aromatic rings. The van der Waals surface area contributed by atoms with E-state index in [2.05, 4.69) is 0 Å². The fourth-order valence-electron chi connectivity index (χ4n) is 2.02. The van der Waals surface area contributed by atoms with Crippen LogP contribution >= 0.6 is 0 Å². The highest BCUT2D eigenvalue weighted by molar-refractivity contribution is 5.96. The number of methoxy groups -OCH3 is 1. The van der Waals surface area contributed by atoms with Crippen LogP contribution in [0.25, 0.3) is 0 Å². The first kappa shape index (κ1) is 10.2. The zero-order valence-electron chi connectivity index (χ0n) is 9.40. The lowest BCUT2D eigenvalue weighted by Gasteiger charge is -2.29. The molecule has 2 aliphatic rings. The molecular formula is C11H15NO3. The van der Waals surface area contributed by atoms with Crippen molar-refractivity contribution < 1.29 is 14.3 Å². The van der Waals surface area contributed by atoms with Gasteiger partial charge in [-0.05, 0) is 19.9 Å². The summed E-state index contributed by atoms with van der Waals surface area (Å²) in [7, 11) is 3.48. The molecule has 0 amide bonds. The van der Waals surface area contributed by atoms with Crippen molar-refractivity contribution in [3.05, 3.63) is 23.6 Å². The van der Waals surface area contributed by atoms with Gasteiger partial charge in [0.2, 0.25) is 5.72 Å². The number of carbonyl (C=O) groups is 1. The SMILES string of the molecule is COC1=CC(C(C)=O)=CN(C)C12OC2C. The Morgan fingerprint density at radius 2 is 2.27 bits per heavy atom. The Morgan fingerprint density at radius 1 is 1.67 bits per heavy atom. The van der Waals surface area contributed by atoms with Crippen LogP contribution in [0.2, 0.25) is 0 Å². The number of hydrogen-bond donors (Lipinski definition) is 0. The number of nitrogens with zero attached hydrogens (tertiary/aromatic N) is 1. The third-order valence-electron chi connectivity index (χ3n) is 2.97. The first-order valence-corrected chi connectivity index (χ1v) is 4.92. The molecule has 0 saturated carbocycles. The van der Waals surface area contributed by atoms with Crippen molar-refractivity contribution in [1.82, 2.24) is 4.90 Å². The summed E-state index contributed by atoms with van der Waals surface area (Å²) >= 11 is 0. The largest absolute Gasteiger partial charge is 0.496 e. The molecule has 1 spiro atoms. The Bertz CT molecular complexity index is 372. The van der Waals surface area contributed by atoms with Gasteiger partial charge in [-0.15, -0.1) is 0 Å². The number of likely N-dealkylation sites (N-methyl/N-ethyl adjacent to an activating group) is 1. The van der Waals surface area contributed by atoms with Crippen LogP contribution in [0.15, 0.2) is 23.6 Å². The molecule has 0 aromatic heterocycles. The topological polar surface area (TPSA) is 42.1 Å². The van der Waals surface area contributed by atoms with Crippen LogP contribution in [-0.4, -0.2) is 36.7 Å². The van der Waals surface area contributed by atoms with Gasteiger partial charge in [-0.1, -0.05) is 0 Å². The van der Waals surface area contributed by atoms with Crippen LogP contribution in [-0.2, 0) is 14.3 Å². The molecule has 0 N–H and O–H groups in total. The number of ether oxygens (including phenoxy) is 2. The van der Waals surface area contributed by atoms with Crippen LogP contribution in [0.5, 0.6) is 0 Å². The summed E-state index contributed by atoms with van der Waals surface area (Å²) in [6.45, 7) is 3.52. The Hall–Kier alpha value is -1.29. The molecule has 15 heavy (non-hydrogen) atoms. The lowest BCUT2D eigenvalue weighted by molar-refractivity contribution is -0.113. The molecule has 0 aliphatic carbocycles. The summed E-state index contributed by atoms with van der Waals surface area (Å²) in [6.07, 6.45) is 3.65. The number of epoxide rings is 1. The second kappa shape index (κ2) is 3.10. The number of Topliss-reactive ketones (excluding diaryl/α,β-unsaturated/α-hetero) is 1. The third-order valence-corrected chi connectivity index (χ3v) is 2.97. The van der Waals surface area contributed by atoms with Crippen molar-refractivity contribution in [3.8, 4) is 0 Å². The number of rotatable bonds is 2. The predicted octanol–water partition coefficient (Wildman–Crippen LogP) is 1.05. The molecule has 2 rings (SSSR count). The van der Waals surface area contributed by atoms with Gasteiger partial charge < -0.3 is 14.4 Å². The zero-order chi connectivity index (χ0) is 11.2. The van der Waals surface area contributed by atoms with E-state index in [1.165, 1.54) is 0 Å². The second-order valence-electron chi connectivity index (χ2n) is 3.92. The molecule has 2 atom stereocenters. The quantitative estimate of drug-likeness (QED) is 0.637. The maximum Gasteiger partial charge on any atom is 0.226 e. The fourth-order valence-corrected chi connectivity index (χ4v) is 2.02. The highest BCUT2D eigenvalue weighted by Crippen LogP contribution is 2.47. The van der Waals surface area contributed by atoms with Crippen molar-refractivity contribution in [1.29, 1.82) is 0 Å². The summed E-state index contributed by atoms with van der Waals surface area (Å²) in [4.78, 5) is 13.2. The van der Waals surface area contributed by atoms with E-state index in [1.807, 2.05) is 18.9 Å². The Balaban J connectivity index is 2.37. The summed E-state index contributed by atoms with van der Waals surface area (Å²) in [5, 5.41) is 0. The minimum atomic E-state index is -0.478. The average Bonchev–Trinajstić information content (AvgIpc) is 2.83. The van der Waals surface area contributed by atoms with Crippen LogP contribution in [0.3, 0.4) is 0 Å².